The first-order chi connectivity index (χ1) is 5.04. The summed E-state index contributed by atoms with van der Waals surface area (Å²) in [5.74, 6) is 0. The summed E-state index contributed by atoms with van der Waals surface area (Å²) < 4.78 is 1.06. The second kappa shape index (κ2) is 5.03. The Morgan fingerprint density at radius 1 is 1.25 bits per heavy atom. The Balaban J connectivity index is 0.00000121. The predicted octanol–water partition coefficient (Wildman–Crippen LogP) is -4.20. The molecule has 1 aromatic rings. The monoisotopic (exact) mass is 323 g/mol. The van der Waals surface area contributed by atoms with Crippen LogP contribution in [0.1, 0.15) is 0 Å². The number of aromatic nitrogens is 3. The molecule has 0 aliphatic carbocycles. The molecular weight excluding hydrogens is 325 g/mol. The first-order valence-electron chi connectivity index (χ1n) is 2.29. The zero-order valence-corrected chi connectivity index (χ0v) is 12.1. The maximum Gasteiger partial charge on any atom is 1.00 e. The zero-order chi connectivity index (χ0) is 8.59. The van der Waals surface area contributed by atoms with Crippen molar-refractivity contribution in [1.29, 1.82) is 0 Å². The Bertz CT molecular complexity index is 399. The van der Waals surface area contributed by atoms with Crippen molar-refractivity contribution in [3.05, 3.63) is 21.0 Å². The van der Waals surface area contributed by atoms with E-state index in [-0.39, 0.29) is 51.4 Å². The molecule has 0 radical (unpaired) electrons. The minimum absolute atomic E-state index is 0. The summed E-state index contributed by atoms with van der Waals surface area (Å²) in [6.45, 7) is 0. The van der Waals surface area contributed by atoms with E-state index in [1.165, 1.54) is 0 Å². The average molecular weight is 325 g/mol. The Hall–Kier alpha value is 1.01. The normalized spacial score (nSPS) is 9.17. The van der Waals surface area contributed by atoms with Gasteiger partial charge in [-0.3, -0.25) is 0 Å². The predicted molar refractivity (Wildman–Crippen MR) is 40.9 cm³/mol. The molecule has 0 atom stereocenters. The molecule has 0 aliphatic heterocycles. The Labute approximate surface area is 126 Å². The van der Waals surface area contributed by atoms with Crippen molar-refractivity contribution in [2.45, 2.75) is 0 Å². The molecule has 0 fully saturated rings. The van der Waals surface area contributed by atoms with E-state index >= 15 is 0 Å². The van der Waals surface area contributed by atoms with Crippen molar-refractivity contribution in [2.75, 3.05) is 0 Å². The molecule has 9 heteroatoms. The molecule has 0 aromatic carbocycles. The first-order valence-corrected chi connectivity index (χ1v) is 3.71. The molecule has 0 amide bonds. The minimum atomic E-state index is -0.935. The van der Waals surface area contributed by atoms with E-state index in [1.54, 1.807) is 0 Å². The molecule has 0 spiro atoms. The van der Waals surface area contributed by atoms with Crippen LogP contribution in [0.2, 0.25) is 0 Å². The molecule has 0 aliphatic rings. The van der Waals surface area contributed by atoms with Crippen molar-refractivity contribution in [3.8, 4) is 6.01 Å². The fourth-order valence-electron chi connectivity index (χ4n) is 0.410. The Morgan fingerprint density at radius 2 is 1.75 bits per heavy atom. The standard InChI is InChI=1S/C3HBr2N3O3.K/c4-7-1(9)6-2(10)8(5)3(7)11;/h(H,6,9,10);/q;+1/p-1. The van der Waals surface area contributed by atoms with Gasteiger partial charge in [-0.2, -0.15) is 8.58 Å². The van der Waals surface area contributed by atoms with Crippen LogP contribution in [0.25, 0.3) is 0 Å². The molecule has 60 valence electrons. The van der Waals surface area contributed by atoms with E-state index in [2.05, 4.69) is 37.3 Å². The number of hydrogen-bond donors (Lipinski definition) is 0. The average Bonchev–Trinajstić information content (AvgIpc) is 1.97. The fourth-order valence-corrected chi connectivity index (χ4v) is 1.10. The zero-order valence-electron chi connectivity index (χ0n) is 5.82. The minimum Gasteiger partial charge on any atom is -0.845 e. The molecule has 1 rings (SSSR count). The summed E-state index contributed by atoms with van der Waals surface area (Å²) in [4.78, 5) is 24.3. The molecule has 6 nitrogen and oxygen atoms in total. The fraction of sp³-hybridized carbons (Fsp3) is 0. The van der Waals surface area contributed by atoms with E-state index in [9.17, 15) is 14.7 Å². The van der Waals surface area contributed by atoms with Crippen LogP contribution in [0.5, 0.6) is 6.01 Å². The van der Waals surface area contributed by atoms with Crippen LogP contribution in [-0.2, 0) is 0 Å². The van der Waals surface area contributed by atoms with E-state index in [0.29, 0.717) is 7.19 Å². The molecule has 0 saturated carbocycles. The topological polar surface area (TPSA) is 79.9 Å². The van der Waals surface area contributed by atoms with Crippen LogP contribution in [-0.4, -0.2) is 12.2 Å². The number of hydrogen-bond acceptors (Lipinski definition) is 4. The first kappa shape index (κ1) is 13.0. The molecule has 0 saturated heterocycles. The van der Waals surface area contributed by atoms with E-state index in [1.807, 2.05) is 0 Å². The summed E-state index contributed by atoms with van der Waals surface area (Å²) in [5, 5.41) is 10.6. The molecule has 12 heavy (non-hydrogen) atoms. The summed E-state index contributed by atoms with van der Waals surface area (Å²) in [7, 11) is 0. The summed E-state index contributed by atoms with van der Waals surface area (Å²) in [5.41, 5.74) is -1.76. The van der Waals surface area contributed by atoms with Gasteiger partial charge < -0.3 is 5.11 Å². The summed E-state index contributed by atoms with van der Waals surface area (Å²) in [6, 6.07) is -0.935. The van der Waals surface area contributed by atoms with Gasteiger partial charge in [-0.1, -0.05) is 0 Å². The van der Waals surface area contributed by atoms with Crippen LogP contribution >= 0.6 is 32.3 Å². The van der Waals surface area contributed by atoms with Crippen molar-refractivity contribution in [1.82, 2.24) is 12.2 Å². The van der Waals surface area contributed by atoms with Crippen LogP contribution in [0.4, 0.5) is 0 Å². The molecule has 1 aromatic heterocycles. The van der Waals surface area contributed by atoms with E-state index < -0.39 is 17.4 Å². The van der Waals surface area contributed by atoms with Gasteiger partial charge >= 0.3 is 62.8 Å². The SMILES string of the molecule is O=c1nc([O-])n(Br)c(=O)n1Br.[K+]. The largest absolute Gasteiger partial charge is 1.00 e. The second-order valence-electron chi connectivity index (χ2n) is 1.52. The molecular formula is C3Br2KN3O3. The van der Waals surface area contributed by atoms with Crippen LogP contribution in [0.3, 0.4) is 0 Å². The van der Waals surface area contributed by atoms with Gasteiger partial charge in [0.15, 0.2) is 0 Å². The summed E-state index contributed by atoms with van der Waals surface area (Å²) in [6.07, 6.45) is 0. The molecule has 0 unspecified atom stereocenters. The molecule has 0 N–H and O–H groups in total. The van der Waals surface area contributed by atoms with Gasteiger partial charge in [0.1, 0.15) is 0 Å². The van der Waals surface area contributed by atoms with Crippen molar-refractivity contribution < 1.29 is 56.5 Å². The van der Waals surface area contributed by atoms with Crippen LogP contribution in [0.15, 0.2) is 9.59 Å². The Morgan fingerprint density at radius 3 is 2.25 bits per heavy atom. The smallest absolute Gasteiger partial charge is 0.845 e. The van der Waals surface area contributed by atoms with Gasteiger partial charge in [0.05, 0.1) is 38.3 Å². The number of halogens is 2. The molecule has 1 heterocycles. The van der Waals surface area contributed by atoms with Gasteiger partial charge in [-0.25, -0.2) is 13.2 Å². The van der Waals surface area contributed by atoms with Gasteiger partial charge in [0, 0.05) is 0 Å². The maximum atomic E-state index is 10.8. The van der Waals surface area contributed by atoms with Crippen LogP contribution in [0, 0.1) is 0 Å². The number of nitrogens with zero attached hydrogens (tertiary/aromatic N) is 3. The third-order valence-electron chi connectivity index (χ3n) is 0.863. The van der Waals surface area contributed by atoms with Crippen molar-refractivity contribution in [2.24, 2.45) is 0 Å². The Kier molecular flexibility index (Phi) is 5.45. The van der Waals surface area contributed by atoms with Crippen molar-refractivity contribution in [3.63, 3.8) is 0 Å². The van der Waals surface area contributed by atoms with Crippen molar-refractivity contribution >= 4 is 32.3 Å². The third kappa shape index (κ3) is 2.50. The van der Waals surface area contributed by atoms with Gasteiger partial charge in [-0.15, -0.1) is 0 Å². The summed E-state index contributed by atoms with van der Waals surface area (Å²) >= 11 is 5.21. The quantitative estimate of drug-likeness (QED) is 0.453. The van der Waals surface area contributed by atoms with Gasteiger partial charge in [-0.05, 0) is 0 Å². The van der Waals surface area contributed by atoms with Gasteiger partial charge in [0.2, 0.25) is 0 Å². The second-order valence-corrected chi connectivity index (χ2v) is 2.94. The van der Waals surface area contributed by atoms with Gasteiger partial charge in [0.25, 0.3) is 0 Å². The third-order valence-corrected chi connectivity index (χ3v) is 2.08. The maximum absolute atomic E-state index is 10.8. The van der Waals surface area contributed by atoms with E-state index in [4.69, 9.17) is 0 Å². The van der Waals surface area contributed by atoms with E-state index in [0.717, 1.165) is 0 Å². The number of rotatable bonds is 0. The van der Waals surface area contributed by atoms with Crippen LogP contribution < -0.4 is 67.9 Å². The molecule has 0 bridgehead atoms.